The lowest BCUT2D eigenvalue weighted by Gasteiger charge is -2.06. The van der Waals surface area contributed by atoms with E-state index < -0.39 is 0 Å². The topological polar surface area (TPSA) is 46.2 Å². The van der Waals surface area contributed by atoms with E-state index in [2.05, 4.69) is 5.32 Å². The third kappa shape index (κ3) is 5.21. The maximum absolute atomic E-state index is 12.4. The van der Waals surface area contributed by atoms with Crippen LogP contribution < -0.4 is 5.32 Å². The van der Waals surface area contributed by atoms with Gasteiger partial charge in [-0.05, 0) is 73.3 Å². The number of ketones is 1. The first-order valence-corrected chi connectivity index (χ1v) is 10.1. The van der Waals surface area contributed by atoms with Crippen LogP contribution in [-0.2, 0) is 0 Å². The number of hydrogen-bond acceptors (Lipinski definition) is 3. The molecule has 28 heavy (non-hydrogen) atoms. The molecular formula is C24H21NO2S. The lowest BCUT2D eigenvalue weighted by atomic mass is 10.1. The van der Waals surface area contributed by atoms with Gasteiger partial charge in [0.1, 0.15) is 0 Å². The molecular weight excluding hydrogens is 366 g/mol. The molecule has 0 spiro atoms. The summed E-state index contributed by atoms with van der Waals surface area (Å²) in [7, 11) is 0. The van der Waals surface area contributed by atoms with E-state index in [1.807, 2.05) is 55.6 Å². The Morgan fingerprint density at radius 1 is 0.893 bits per heavy atom. The number of benzene rings is 3. The Kier molecular flexibility index (Phi) is 6.45. The van der Waals surface area contributed by atoms with Crippen molar-refractivity contribution in [3.05, 3.63) is 101 Å². The second-order valence-electron chi connectivity index (χ2n) is 6.37. The Morgan fingerprint density at radius 2 is 1.61 bits per heavy atom. The van der Waals surface area contributed by atoms with Crippen LogP contribution in [0, 0.1) is 6.92 Å². The van der Waals surface area contributed by atoms with Gasteiger partial charge in [-0.1, -0.05) is 35.9 Å². The Hall–Kier alpha value is -3.11. The van der Waals surface area contributed by atoms with E-state index in [1.165, 1.54) is 4.90 Å². The van der Waals surface area contributed by atoms with Gasteiger partial charge in [-0.15, -0.1) is 11.8 Å². The predicted molar refractivity (Wildman–Crippen MR) is 117 cm³/mol. The molecule has 0 aliphatic rings. The summed E-state index contributed by atoms with van der Waals surface area (Å²) in [6.07, 6.45) is 5.40. The van der Waals surface area contributed by atoms with E-state index >= 15 is 0 Å². The van der Waals surface area contributed by atoms with Gasteiger partial charge >= 0.3 is 0 Å². The Balaban J connectivity index is 1.63. The number of amides is 1. The molecule has 0 atom stereocenters. The summed E-state index contributed by atoms with van der Waals surface area (Å²) in [6.45, 7) is 1.95. The van der Waals surface area contributed by atoms with Gasteiger partial charge in [0.25, 0.3) is 5.91 Å². The SMILES string of the molecule is CSc1ccc(/C=C/C(=O)c2ccc(NC(=O)c3cccc(C)c3)cc2)cc1. The molecule has 0 unspecified atom stereocenters. The van der Waals surface area contributed by atoms with Gasteiger partial charge in [-0.25, -0.2) is 0 Å². The zero-order valence-electron chi connectivity index (χ0n) is 15.8. The van der Waals surface area contributed by atoms with Gasteiger partial charge in [-0.2, -0.15) is 0 Å². The van der Waals surface area contributed by atoms with Crippen LogP contribution in [0.4, 0.5) is 5.69 Å². The standard InChI is InChI=1S/C24H21NO2S/c1-17-4-3-5-20(16-17)24(27)25-21-11-9-19(10-12-21)23(26)15-8-18-6-13-22(28-2)14-7-18/h3-16H,1-2H3,(H,25,27)/b15-8+. The number of rotatable bonds is 6. The fourth-order valence-electron chi connectivity index (χ4n) is 2.69. The molecule has 0 aromatic heterocycles. The highest BCUT2D eigenvalue weighted by molar-refractivity contribution is 7.98. The smallest absolute Gasteiger partial charge is 0.255 e. The second-order valence-corrected chi connectivity index (χ2v) is 7.25. The molecule has 0 aliphatic carbocycles. The molecule has 3 rings (SSSR count). The first kappa shape index (κ1) is 19.6. The maximum Gasteiger partial charge on any atom is 0.255 e. The van der Waals surface area contributed by atoms with Gasteiger partial charge in [0, 0.05) is 21.7 Å². The third-order valence-electron chi connectivity index (χ3n) is 4.25. The van der Waals surface area contributed by atoms with Crippen molar-refractivity contribution in [2.24, 2.45) is 0 Å². The number of carbonyl (C=O) groups is 2. The van der Waals surface area contributed by atoms with Crippen LogP contribution >= 0.6 is 11.8 Å². The molecule has 0 radical (unpaired) electrons. The summed E-state index contributed by atoms with van der Waals surface area (Å²) in [5, 5.41) is 2.85. The van der Waals surface area contributed by atoms with Crippen molar-refractivity contribution >= 4 is 35.2 Å². The van der Waals surface area contributed by atoms with Crippen molar-refractivity contribution in [3.63, 3.8) is 0 Å². The molecule has 0 fully saturated rings. The number of allylic oxidation sites excluding steroid dienone is 1. The number of carbonyl (C=O) groups excluding carboxylic acids is 2. The summed E-state index contributed by atoms with van der Waals surface area (Å²) < 4.78 is 0. The zero-order chi connectivity index (χ0) is 19.9. The molecule has 4 heteroatoms. The lowest BCUT2D eigenvalue weighted by molar-refractivity contribution is 0.102. The van der Waals surface area contributed by atoms with Crippen LogP contribution in [-0.4, -0.2) is 17.9 Å². The molecule has 1 amide bonds. The fraction of sp³-hybridized carbons (Fsp3) is 0.0833. The minimum atomic E-state index is -0.170. The number of thioether (sulfide) groups is 1. The molecule has 0 saturated heterocycles. The summed E-state index contributed by atoms with van der Waals surface area (Å²) in [6, 6.07) is 22.4. The zero-order valence-corrected chi connectivity index (χ0v) is 16.6. The van der Waals surface area contributed by atoms with E-state index in [-0.39, 0.29) is 11.7 Å². The predicted octanol–water partition coefficient (Wildman–Crippen LogP) is 5.87. The number of nitrogens with one attached hydrogen (secondary N) is 1. The minimum absolute atomic E-state index is 0.0782. The molecule has 3 aromatic rings. The largest absolute Gasteiger partial charge is 0.322 e. The van der Waals surface area contributed by atoms with Gasteiger partial charge in [0.15, 0.2) is 5.78 Å². The maximum atomic E-state index is 12.4. The normalized spacial score (nSPS) is 10.8. The van der Waals surface area contributed by atoms with Crippen LogP contribution in [0.15, 0.2) is 83.8 Å². The van der Waals surface area contributed by atoms with E-state index in [0.717, 1.165) is 11.1 Å². The van der Waals surface area contributed by atoms with E-state index in [1.54, 1.807) is 54.2 Å². The van der Waals surface area contributed by atoms with Crippen molar-refractivity contribution in [1.29, 1.82) is 0 Å². The van der Waals surface area contributed by atoms with E-state index in [9.17, 15) is 9.59 Å². The van der Waals surface area contributed by atoms with Gasteiger partial charge < -0.3 is 5.32 Å². The first-order valence-electron chi connectivity index (χ1n) is 8.90. The molecule has 0 saturated carbocycles. The molecule has 3 aromatic carbocycles. The van der Waals surface area contributed by atoms with Crippen LogP contribution in [0.2, 0.25) is 0 Å². The highest BCUT2D eigenvalue weighted by Crippen LogP contribution is 2.16. The number of aryl methyl sites for hydroxylation is 1. The highest BCUT2D eigenvalue weighted by Gasteiger charge is 2.07. The molecule has 3 nitrogen and oxygen atoms in total. The van der Waals surface area contributed by atoms with Gasteiger partial charge in [0.05, 0.1) is 0 Å². The minimum Gasteiger partial charge on any atom is -0.322 e. The molecule has 1 N–H and O–H groups in total. The van der Waals surface area contributed by atoms with Crippen molar-refractivity contribution < 1.29 is 9.59 Å². The fourth-order valence-corrected chi connectivity index (χ4v) is 3.10. The number of anilines is 1. The lowest BCUT2D eigenvalue weighted by Crippen LogP contribution is -2.12. The monoisotopic (exact) mass is 387 g/mol. The summed E-state index contributed by atoms with van der Waals surface area (Å²) in [5.41, 5.74) is 3.84. The summed E-state index contributed by atoms with van der Waals surface area (Å²) in [4.78, 5) is 25.8. The average molecular weight is 388 g/mol. The van der Waals surface area contributed by atoms with Crippen LogP contribution in [0.25, 0.3) is 6.08 Å². The quantitative estimate of drug-likeness (QED) is 0.327. The van der Waals surface area contributed by atoms with Crippen molar-refractivity contribution in [3.8, 4) is 0 Å². The Morgan fingerprint density at radius 3 is 2.25 bits per heavy atom. The van der Waals surface area contributed by atoms with E-state index in [4.69, 9.17) is 0 Å². The molecule has 140 valence electrons. The summed E-state index contributed by atoms with van der Waals surface area (Å²) >= 11 is 1.68. The molecule has 0 bridgehead atoms. The van der Waals surface area contributed by atoms with Crippen LogP contribution in [0.1, 0.15) is 31.8 Å². The molecule has 0 heterocycles. The Labute approximate surface area is 169 Å². The second kappa shape index (κ2) is 9.20. The van der Waals surface area contributed by atoms with Gasteiger partial charge in [0.2, 0.25) is 0 Å². The third-order valence-corrected chi connectivity index (χ3v) is 4.99. The Bertz CT molecular complexity index is 1010. The van der Waals surface area contributed by atoms with Crippen LogP contribution in [0.5, 0.6) is 0 Å². The highest BCUT2D eigenvalue weighted by atomic mass is 32.2. The van der Waals surface area contributed by atoms with Crippen molar-refractivity contribution in [2.45, 2.75) is 11.8 Å². The van der Waals surface area contributed by atoms with E-state index in [0.29, 0.717) is 16.8 Å². The number of hydrogen-bond donors (Lipinski definition) is 1. The average Bonchev–Trinajstić information content (AvgIpc) is 2.73. The molecule has 0 aliphatic heterocycles. The van der Waals surface area contributed by atoms with Crippen molar-refractivity contribution in [2.75, 3.05) is 11.6 Å². The first-order chi connectivity index (χ1) is 13.5. The summed E-state index contributed by atoms with van der Waals surface area (Å²) in [5.74, 6) is -0.248. The van der Waals surface area contributed by atoms with Gasteiger partial charge in [-0.3, -0.25) is 9.59 Å². The van der Waals surface area contributed by atoms with Crippen molar-refractivity contribution in [1.82, 2.24) is 0 Å². The van der Waals surface area contributed by atoms with Crippen LogP contribution in [0.3, 0.4) is 0 Å².